The monoisotopic (exact) mass is 236 g/mol. The van der Waals surface area contributed by atoms with Gasteiger partial charge in [0.2, 0.25) is 0 Å². The number of hydrogen-bond donors (Lipinski definition) is 1. The molecule has 0 fully saturated rings. The maximum absolute atomic E-state index is 11.5. The summed E-state index contributed by atoms with van der Waals surface area (Å²) in [5.41, 5.74) is 1.14. The van der Waals surface area contributed by atoms with Crippen molar-refractivity contribution in [2.45, 2.75) is 38.7 Å². The number of methoxy groups -OCH3 is 1. The molecule has 0 aliphatic heterocycles. The lowest BCUT2D eigenvalue weighted by Gasteiger charge is -2.04. The molecule has 1 aromatic rings. The fourth-order valence-corrected chi connectivity index (χ4v) is 1.57. The maximum atomic E-state index is 11.5. The van der Waals surface area contributed by atoms with Crippen molar-refractivity contribution in [2.75, 3.05) is 7.11 Å². The number of hydrogen-bond acceptors (Lipinski definition) is 3. The Morgan fingerprint density at radius 2 is 1.94 bits per heavy atom. The molecule has 0 spiro atoms. The van der Waals surface area contributed by atoms with Crippen LogP contribution in [0.15, 0.2) is 24.3 Å². The Bertz CT molecular complexity index is 341. The van der Waals surface area contributed by atoms with E-state index in [-0.39, 0.29) is 11.9 Å². The molecular formula is C14H20O3. The molecule has 1 aromatic carbocycles. The fourth-order valence-electron chi connectivity index (χ4n) is 1.57. The number of aliphatic hydroxyl groups excluding tert-OH is 1. The van der Waals surface area contributed by atoms with Crippen LogP contribution in [-0.4, -0.2) is 24.1 Å². The molecule has 17 heavy (non-hydrogen) atoms. The van der Waals surface area contributed by atoms with Gasteiger partial charge in [-0.05, 0) is 37.5 Å². The van der Waals surface area contributed by atoms with Crippen LogP contribution in [0.1, 0.15) is 31.7 Å². The molecule has 0 aromatic heterocycles. The average Bonchev–Trinajstić information content (AvgIpc) is 2.34. The number of ether oxygens (including phenoxy) is 1. The number of ketones is 1. The Hall–Kier alpha value is -1.35. The van der Waals surface area contributed by atoms with E-state index in [4.69, 9.17) is 9.84 Å². The first-order chi connectivity index (χ1) is 8.11. The SMILES string of the molecule is COc1ccc(CCC(=O)CC[C@H](C)O)cc1. The molecule has 0 aliphatic carbocycles. The van der Waals surface area contributed by atoms with E-state index < -0.39 is 0 Å². The van der Waals surface area contributed by atoms with Gasteiger partial charge in [-0.1, -0.05) is 12.1 Å². The first-order valence-electron chi connectivity index (χ1n) is 5.94. The van der Waals surface area contributed by atoms with Crippen LogP contribution >= 0.6 is 0 Å². The molecule has 1 rings (SSSR count). The van der Waals surface area contributed by atoms with Crippen LogP contribution in [0.3, 0.4) is 0 Å². The average molecular weight is 236 g/mol. The molecule has 1 N–H and O–H groups in total. The lowest BCUT2D eigenvalue weighted by Crippen LogP contribution is -2.06. The van der Waals surface area contributed by atoms with Crippen molar-refractivity contribution in [1.82, 2.24) is 0 Å². The highest BCUT2D eigenvalue weighted by molar-refractivity contribution is 5.78. The van der Waals surface area contributed by atoms with Gasteiger partial charge < -0.3 is 9.84 Å². The smallest absolute Gasteiger partial charge is 0.133 e. The largest absolute Gasteiger partial charge is 0.497 e. The summed E-state index contributed by atoms with van der Waals surface area (Å²) in [7, 11) is 1.63. The second kappa shape index (κ2) is 7.07. The van der Waals surface area contributed by atoms with E-state index in [2.05, 4.69) is 0 Å². The summed E-state index contributed by atoms with van der Waals surface area (Å²) >= 11 is 0. The van der Waals surface area contributed by atoms with Crippen LogP contribution in [-0.2, 0) is 11.2 Å². The zero-order valence-corrected chi connectivity index (χ0v) is 10.5. The molecule has 94 valence electrons. The number of aryl methyl sites for hydroxylation is 1. The van der Waals surface area contributed by atoms with Crippen LogP contribution < -0.4 is 4.74 Å². The van der Waals surface area contributed by atoms with Crippen LogP contribution in [0, 0.1) is 0 Å². The minimum absolute atomic E-state index is 0.210. The first-order valence-corrected chi connectivity index (χ1v) is 5.94. The normalized spacial score (nSPS) is 12.2. The van der Waals surface area contributed by atoms with Gasteiger partial charge in [-0.3, -0.25) is 4.79 Å². The molecule has 0 bridgehead atoms. The van der Waals surface area contributed by atoms with Crippen LogP contribution in [0.2, 0.25) is 0 Å². The molecule has 3 nitrogen and oxygen atoms in total. The minimum atomic E-state index is -0.389. The molecular weight excluding hydrogens is 216 g/mol. The van der Waals surface area contributed by atoms with Gasteiger partial charge in [0.05, 0.1) is 13.2 Å². The van der Waals surface area contributed by atoms with Crippen molar-refractivity contribution in [2.24, 2.45) is 0 Å². The fraction of sp³-hybridized carbons (Fsp3) is 0.500. The Morgan fingerprint density at radius 3 is 2.47 bits per heavy atom. The van der Waals surface area contributed by atoms with Crippen molar-refractivity contribution in [3.63, 3.8) is 0 Å². The molecule has 0 saturated heterocycles. The van der Waals surface area contributed by atoms with Crippen molar-refractivity contribution in [3.8, 4) is 5.75 Å². The highest BCUT2D eigenvalue weighted by Crippen LogP contribution is 2.13. The molecule has 0 aliphatic rings. The van der Waals surface area contributed by atoms with E-state index in [0.29, 0.717) is 19.3 Å². The van der Waals surface area contributed by atoms with E-state index in [1.165, 1.54) is 0 Å². The van der Waals surface area contributed by atoms with Crippen molar-refractivity contribution >= 4 is 5.78 Å². The first kappa shape index (κ1) is 13.7. The van der Waals surface area contributed by atoms with Crippen molar-refractivity contribution < 1.29 is 14.6 Å². The number of aliphatic hydroxyl groups is 1. The Morgan fingerprint density at radius 1 is 1.29 bits per heavy atom. The number of rotatable bonds is 7. The van der Waals surface area contributed by atoms with Crippen LogP contribution in [0.4, 0.5) is 0 Å². The van der Waals surface area contributed by atoms with Gasteiger partial charge in [-0.15, -0.1) is 0 Å². The lowest BCUT2D eigenvalue weighted by molar-refractivity contribution is -0.119. The van der Waals surface area contributed by atoms with E-state index in [1.54, 1.807) is 14.0 Å². The molecule has 0 heterocycles. The van der Waals surface area contributed by atoms with Gasteiger partial charge >= 0.3 is 0 Å². The van der Waals surface area contributed by atoms with E-state index in [0.717, 1.165) is 17.7 Å². The molecule has 0 radical (unpaired) electrons. The third-order valence-corrected chi connectivity index (χ3v) is 2.69. The summed E-state index contributed by atoms with van der Waals surface area (Å²) in [6, 6.07) is 7.74. The van der Waals surface area contributed by atoms with Crippen LogP contribution in [0.5, 0.6) is 5.75 Å². The maximum Gasteiger partial charge on any atom is 0.133 e. The molecule has 3 heteroatoms. The second-order valence-electron chi connectivity index (χ2n) is 4.27. The minimum Gasteiger partial charge on any atom is -0.497 e. The molecule has 0 unspecified atom stereocenters. The Kier molecular flexibility index (Phi) is 5.70. The highest BCUT2D eigenvalue weighted by atomic mass is 16.5. The topological polar surface area (TPSA) is 46.5 Å². The van der Waals surface area contributed by atoms with E-state index in [9.17, 15) is 4.79 Å². The Labute approximate surface area is 102 Å². The van der Waals surface area contributed by atoms with Crippen LogP contribution in [0.25, 0.3) is 0 Å². The predicted molar refractivity (Wildman–Crippen MR) is 67.2 cm³/mol. The zero-order valence-electron chi connectivity index (χ0n) is 10.5. The standard InChI is InChI=1S/C14H20O3/c1-11(15)3-7-13(16)8-4-12-5-9-14(17-2)10-6-12/h5-6,9-11,15H,3-4,7-8H2,1-2H3/t11-/m0/s1. The quantitative estimate of drug-likeness (QED) is 0.790. The number of carbonyl (C=O) groups excluding carboxylic acids is 1. The van der Waals surface area contributed by atoms with E-state index >= 15 is 0 Å². The summed E-state index contributed by atoms with van der Waals surface area (Å²) in [6.45, 7) is 1.71. The van der Waals surface area contributed by atoms with Gasteiger partial charge in [-0.25, -0.2) is 0 Å². The van der Waals surface area contributed by atoms with Gasteiger partial charge in [0, 0.05) is 12.8 Å². The van der Waals surface area contributed by atoms with Gasteiger partial charge in [0.15, 0.2) is 0 Å². The summed E-state index contributed by atoms with van der Waals surface area (Å²) < 4.78 is 5.06. The summed E-state index contributed by atoms with van der Waals surface area (Å²) in [6.07, 6.45) is 1.93. The summed E-state index contributed by atoms with van der Waals surface area (Å²) in [4.78, 5) is 11.5. The third kappa shape index (κ3) is 5.50. The molecule has 0 amide bonds. The summed E-state index contributed by atoms with van der Waals surface area (Å²) in [5.74, 6) is 1.04. The lowest BCUT2D eigenvalue weighted by atomic mass is 10.0. The predicted octanol–water partition coefficient (Wildman–Crippen LogP) is 2.36. The number of benzene rings is 1. The number of carbonyl (C=O) groups is 1. The van der Waals surface area contributed by atoms with Gasteiger partial charge in [-0.2, -0.15) is 0 Å². The number of Topliss-reactive ketones (excluding diaryl/α,β-unsaturated/α-hetero) is 1. The third-order valence-electron chi connectivity index (χ3n) is 2.69. The highest BCUT2D eigenvalue weighted by Gasteiger charge is 2.05. The second-order valence-corrected chi connectivity index (χ2v) is 4.27. The van der Waals surface area contributed by atoms with Gasteiger partial charge in [0.1, 0.15) is 11.5 Å². The summed E-state index contributed by atoms with van der Waals surface area (Å²) in [5, 5.41) is 9.08. The van der Waals surface area contributed by atoms with Crippen molar-refractivity contribution in [3.05, 3.63) is 29.8 Å². The zero-order chi connectivity index (χ0) is 12.7. The van der Waals surface area contributed by atoms with Gasteiger partial charge in [0.25, 0.3) is 0 Å². The Balaban J connectivity index is 2.31. The van der Waals surface area contributed by atoms with Crippen molar-refractivity contribution in [1.29, 1.82) is 0 Å². The molecule has 0 saturated carbocycles. The van der Waals surface area contributed by atoms with E-state index in [1.807, 2.05) is 24.3 Å². The molecule has 1 atom stereocenters.